The van der Waals surface area contributed by atoms with Crippen molar-refractivity contribution in [3.05, 3.63) is 59.2 Å². The maximum Gasteiger partial charge on any atom is 0.343 e. The fourth-order valence-corrected chi connectivity index (χ4v) is 2.49. The van der Waals surface area contributed by atoms with Crippen LogP contribution in [0.5, 0.6) is 11.5 Å². The first-order valence-electron chi connectivity index (χ1n) is 6.46. The number of fused-ring (bicyclic) bond motifs is 1. The summed E-state index contributed by atoms with van der Waals surface area (Å²) in [6.45, 7) is 0. The molecule has 0 amide bonds. The molecular weight excluding hydrogens is 272 g/mol. The Bertz CT molecular complexity index is 678. The van der Waals surface area contributed by atoms with Gasteiger partial charge in [0.05, 0.1) is 7.11 Å². The van der Waals surface area contributed by atoms with Crippen molar-refractivity contribution in [1.82, 2.24) is 0 Å². The second-order valence-electron chi connectivity index (χ2n) is 4.79. The van der Waals surface area contributed by atoms with Gasteiger partial charge in [-0.1, -0.05) is 24.3 Å². The molecular formula is C16H14O5. The lowest BCUT2D eigenvalue weighted by molar-refractivity contribution is -0.0103. The van der Waals surface area contributed by atoms with Crippen LogP contribution in [0.2, 0.25) is 0 Å². The van der Waals surface area contributed by atoms with Gasteiger partial charge in [0.15, 0.2) is 6.10 Å². The Labute approximate surface area is 121 Å². The molecule has 1 aliphatic heterocycles. The predicted octanol–water partition coefficient (Wildman–Crippen LogP) is 2.35. The molecule has 2 aromatic rings. The molecule has 1 heterocycles. The minimum absolute atomic E-state index is 0.108. The number of hydrogen-bond acceptors (Lipinski definition) is 5. The van der Waals surface area contributed by atoms with Gasteiger partial charge in [0.1, 0.15) is 23.2 Å². The molecule has 3 rings (SSSR count). The van der Waals surface area contributed by atoms with E-state index in [1.54, 1.807) is 30.3 Å². The van der Waals surface area contributed by atoms with Crippen molar-refractivity contribution in [3.63, 3.8) is 0 Å². The highest BCUT2D eigenvalue weighted by Gasteiger charge is 2.38. The van der Waals surface area contributed by atoms with E-state index in [2.05, 4.69) is 0 Å². The molecule has 2 N–H and O–H groups in total. The molecule has 108 valence electrons. The molecule has 2 atom stereocenters. The molecule has 0 aliphatic carbocycles. The molecule has 0 saturated heterocycles. The van der Waals surface area contributed by atoms with Gasteiger partial charge in [0, 0.05) is 5.56 Å². The van der Waals surface area contributed by atoms with Crippen LogP contribution in [0.25, 0.3) is 0 Å². The van der Waals surface area contributed by atoms with E-state index in [1.807, 2.05) is 0 Å². The summed E-state index contributed by atoms with van der Waals surface area (Å²) < 4.78 is 10.5. The molecule has 1 aliphatic rings. The van der Waals surface area contributed by atoms with Gasteiger partial charge in [-0.3, -0.25) is 0 Å². The smallest absolute Gasteiger partial charge is 0.343 e. The fourth-order valence-electron chi connectivity index (χ4n) is 2.49. The summed E-state index contributed by atoms with van der Waals surface area (Å²) in [5, 5.41) is 19.7. The zero-order valence-electron chi connectivity index (χ0n) is 11.3. The van der Waals surface area contributed by atoms with Gasteiger partial charge >= 0.3 is 5.97 Å². The van der Waals surface area contributed by atoms with Crippen LogP contribution in [0.4, 0.5) is 0 Å². The van der Waals surface area contributed by atoms with Gasteiger partial charge < -0.3 is 19.7 Å². The summed E-state index contributed by atoms with van der Waals surface area (Å²) >= 11 is 0. The Morgan fingerprint density at radius 1 is 1.19 bits per heavy atom. The largest absolute Gasteiger partial charge is 0.508 e. The number of aliphatic hydroxyl groups is 1. The topological polar surface area (TPSA) is 76.0 Å². The minimum Gasteiger partial charge on any atom is -0.508 e. The molecule has 0 unspecified atom stereocenters. The number of phenols is 1. The first kappa shape index (κ1) is 13.5. The Kier molecular flexibility index (Phi) is 3.27. The molecule has 0 fully saturated rings. The van der Waals surface area contributed by atoms with Crippen LogP contribution in [0.15, 0.2) is 42.5 Å². The van der Waals surface area contributed by atoms with Crippen LogP contribution >= 0.6 is 0 Å². The van der Waals surface area contributed by atoms with Gasteiger partial charge in [-0.15, -0.1) is 0 Å². The summed E-state index contributed by atoms with van der Waals surface area (Å²) in [6, 6.07) is 11.3. The number of aromatic hydroxyl groups is 1. The lowest BCUT2D eigenvalue weighted by Crippen LogP contribution is -2.10. The maximum absolute atomic E-state index is 12.0. The molecule has 0 radical (unpaired) electrons. The predicted molar refractivity (Wildman–Crippen MR) is 74.2 cm³/mol. The van der Waals surface area contributed by atoms with Crippen LogP contribution in [-0.4, -0.2) is 23.3 Å². The number of ether oxygens (including phenoxy) is 2. The normalized spacial score (nSPS) is 18.0. The highest BCUT2D eigenvalue weighted by atomic mass is 16.6. The zero-order valence-corrected chi connectivity index (χ0v) is 11.3. The molecule has 2 aromatic carbocycles. The second kappa shape index (κ2) is 5.10. The standard InChI is InChI=1S/C16H14O5/c1-20-12-4-2-3-11-13(12)16(19)21-15(11)14(18)9-5-7-10(17)8-6-9/h2-8,14-15,17-18H,1H3/t14-,15+/m1/s1. The molecule has 0 aromatic heterocycles. The number of phenolic OH excluding ortho intramolecular Hbond substituents is 1. The summed E-state index contributed by atoms with van der Waals surface area (Å²) in [5.41, 5.74) is 1.50. The van der Waals surface area contributed by atoms with E-state index in [0.29, 0.717) is 22.4 Å². The average molecular weight is 286 g/mol. The van der Waals surface area contributed by atoms with Crippen molar-refractivity contribution in [2.45, 2.75) is 12.2 Å². The summed E-state index contributed by atoms with van der Waals surface area (Å²) in [7, 11) is 1.48. The number of carbonyl (C=O) groups is 1. The van der Waals surface area contributed by atoms with Gasteiger partial charge in [0.2, 0.25) is 0 Å². The van der Waals surface area contributed by atoms with E-state index in [0.717, 1.165) is 0 Å². The van der Waals surface area contributed by atoms with Crippen LogP contribution in [0.1, 0.15) is 33.7 Å². The molecule has 21 heavy (non-hydrogen) atoms. The van der Waals surface area contributed by atoms with E-state index >= 15 is 0 Å². The molecule has 5 nitrogen and oxygen atoms in total. The summed E-state index contributed by atoms with van der Waals surface area (Å²) in [5.74, 6) is 0.0274. The average Bonchev–Trinajstić information content (AvgIpc) is 2.85. The van der Waals surface area contributed by atoms with Crippen molar-refractivity contribution in [2.75, 3.05) is 7.11 Å². The molecule has 0 spiro atoms. The number of rotatable bonds is 3. The zero-order chi connectivity index (χ0) is 15.0. The minimum atomic E-state index is -1.01. The van der Waals surface area contributed by atoms with Crippen molar-refractivity contribution in [1.29, 1.82) is 0 Å². The number of carbonyl (C=O) groups excluding carboxylic acids is 1. The molecule has 0 saturated carbocycles. The van der Waals surface area contributed by atoms with Crippen molar-refractivity contribution < 1.29 is 24.5 Å². The van der Waals surface area contributed by atoms with Gasteiger partial charge in [0.25, 0.3) is 0 Å². The maximum atomic E-state index is 12.0. The number of hydrogen-bond donors (Lipinski definition) is 2. The van der Waals surface area contributed by atoms with E-state index in [9.17, 15) is 15.0 Å². The van der Waals surface area contributed by atoms with Gasteiger partial charge in [-0.25, -0.2) is 4.79 Å². The van der Waals surface area contributed by atoms with Gasteiger partial charge in [-0.05, 0) is 23.8 Å². The van der Waals surface area contributed by atoms with Crippen molar-refractivity contribution in [2.24, 2.45) is 0 Å². The Hall–Kier alpha value is -2.53. The van der Waals surface area contributed by atoms with Crippen molar-refractivity contribution >= 4 is 5.97 Å². The Morgan fingerprint density at radius 3 is 2.57 bits per heavy atom. The highest BCUT2D eigenvalue weighted by molar-refractivity contribution is 5.97. The van der Waals surface area contributed by atoms with E-state index < -0.39 is 18.2 Å². The monoisotopic (exact) mass is 286 g/mol. The highest BCUT2D eigenvalue weighted by Crippen LogP contribution is 2.42. The molecule has 0 bridgehead atoms. The summed E-state index contributed by atoms with van der Waals surface area (Å²) in [4.78, 5) is 12.0. The lowest BCUT2D eigenvalue weighted by atomic mass is 9.96. The van der Waals surface area contributed by atoms with E-state index in [-0.39, 0.29) is 5.75 Å². The van der Waals surface area contributed by atoms with E-state index in [4.69, 9.17) is 9.47 Å². The number of cyclic esters (lactones) is 1. The third-order valence-electron chi connectivity index (χ3n) is 3.54. The van der Waals surface area contributed by atoms with Gasteiger partial charge in [-0.2, -0.15) is 0 Å². The molecule has 5 heteroatoms. The van der Waals surface area contributed by atoms with Crippen LogP contribution in [0, 0.1) is 0 Å². The second-order valence-corrected chi connectivity index (χ2v) is 4.79. The van der Waals surface area contributed by atoms with E-state index in [1.165, 1.54) is 19.2 Å². The number of esters is 1. The van der Waals surface area contributed by atoms with Crippen molar-refractivity contribution in [3.8, 4) is 11.5 Å². The van der Waals surface area contributed by atoms with Crippen LogP contribution < -0.4 is 4.74 Å². The number of benzene rings is 2. The first-order valence-corrected chi connectivity index (χ1v) is 6.46. The number of aliphatic hydroxyl groups excluding tert-OH is 1. The lowest BCUT2D eigenvalue weighted by Gasteiger charge is -2.18. The SMILES string of the molecule is COc1cccc2c1C(=O)O[C@@H]2[C@H](O)c1ccc(O)cc1. The van der Waals surface area contributed by atoms with Crippen LogP contribution in [0.3, 0.4) is 0 Å². The number of methoxy groups -OCH3 is 1. The quantitative estimate of drug-likeness (QED) is 0.847. The van der Waals surface area contributed by atoms with Crippen LogP contribution in [-0.2, 0) is 4.74 Å². The third kappa shape index (κ3) is 2.21. The first-order chi connectivity index (χ1) is 10.1. The Morgan fingerprint density at radius 2 is 1.90 bits per heavy atom. The third-order valence-corrected chi connectivity index (χ3v) is 3.54. The fraction of sp³-hybridized carbons (Fsp3) is 0.188. The Balaban J connectivity index is 1.99. The summed E-state index contributed by atoms with van der Waals surface area (Å²) in [6.07, 6.45) is -1.80.